The third kappa shape index (κ3) is 5.23. The number of aromatic nitrogens is 1. The molecule has 114 valence electrons. The van der Waals surface area contributed by atoms with Crippen LogP contribution in [-0.2, 0) is 11.2 Å². The standard InChI is InChI=1S/C17H24N2OS/c1-13-5-4-6-15(9-13)16(11-18-7-8-20-3)10-17-12-21-14(2)19-17/h4-6,9,12,16,18H,7-8,10-11H2,1-3H3. The van der Waals surface area contributed by atoms with Crippen molar-refractivity contribution in [3.63, 3.8) is 0 Å². The van der Waals surface area contributed by atoms with Crippen molar-refractivity contribution in [3.05, 3.63) is 51.5 Å². The zero-order chi connectivity index (χ0) is 15.1. The fraction of sp³-hybridized carbons (Fsp3) is 0.471. The maximum Gasteiger partial charge on any atom is 0.0897 e. The van der Waals surface area contributed by atoms with E-state index in [1.807, 2.05) is 0 Å². The van der Waals surface area contributed by atoms with E-state index in [2.05, 4.69) is 53.8 Å². The molecule has 1 aromatic carbocycles. The number of aryl methyl sites for hydroxylation is 2. The van der Waals surface area contributed by atoms with Crippen LogP contribution in [0.3, 0.4) is 0 Å². The average Bonchev–Trinajstić information content (AvgIpc) is 2.87. The molecule has 0 radical (unpaired) electrons. The van der Waals surface area contributed by atoms with Crippen LogP contribution in [0.4, 0.5) is 0 Å². The van der Waals surface area contributed by atoms with E-state index in [0.717, 1.165) is 31.1 Å². The van der Waals surface area contributed by atoms with Gasteiger partial charge >= 0.3 is 0 Å². The Balaban J connectivity index is 2.06. The smallest absolute Gasteiger partial charge is 0.0897 e. The maximum absolute atomic E-state index is 5.10. The Labute approximate surface area is 131 Å². The molecule has 0 aliphatic rings. The lowest BCUT2D eigenvalue weighted by molar-refractivity contribution is 0.199. The largest absolute Gasteiger partial charge is 0.383 e. The number of rotatable bonds is 8. The number of hydrogen-bond donors (Lipinski definition) is 1. The third-order valence-electron chi connectivity index (χ3n) is 3.51. The molecule has 0 fully saturated rings. The van der Waals surface area contributed by atoms with Gasteiger partial charge < -0.3 is 10.1 Å². The van der Waals surface area contributed by atoms with Crippen molar-refractivity contribution in [1.82, 2.24) is 10.3 Å². The normalized spacial score (nSPS) is 12.5. The van der Waals surface area contributed by atoms with Crippen molar-refractivity contribution >= 4 is 11.3 Å². The van der Waals surface area contributed by atoms with E-state index >= 15 is 0 Å². The molecule has 21 heavy (non-hydrogen) atoms. The molecular formula is C17H24N2OS. The minimum Gasteiger partial charge on any atom is -0.383 e. The Morgan fingerprint density at radius 3 is 2.86 bits per heavy atom. The summed E-state index contributed by atoms with van der Waals surface area (Å²) in [4.78, 5) is 4.61. The van der Waals surface area contributed by atoms with Gasteiger partial charge in [-0.1, -0.05) is 29.8 Å². The zero-order valence-corrected chi connectivity index (χ0v) is 13.9. The molecule has 1 heterocycles. The molecule has 4 heteroatoms. The highest BCUT2D eigenvalue weighted by molar-refractivity contribution is 7.09. The number of benzene rings is 1. The van der Waals surface area contributed by atoms with Crippen molar-refractivity contribution in [3.8, 4) is 0 Å². The monoisotopic (exact) mass is 304 g/mol. The highest BCUT2D eigenvalue weighted by atomic mass is 32.1. The fourth-order valence-electron chi connectivity index (χ4n) is 2.44. The van der Waals surface area contributed by atoms with E-state index in [9.17, 15) is 0 Å². The predicted molar refractivity (Wildman–Crippen MR) is 89.2 cm³/mol. The van der Waals surface area contributed by atoms with Crippen LogP contribution < -0.4 is 5.32 Å². The van der Waals surface area contributed by atoms with Gasteiger partial charge in [0.25, 0.3) is 0 Å². The Morgan fingerprint density at radius 2 is 2.19 bits per heavy atom. The molecule has 0 saturated carbocycles. The van der Waals surface area contributed by atoms with Gasteiger partial charge in [-0.15, -0.1) is 11.3 Å². The first-order valence-electron chi connectivity index (χ1n) is 7.36. The van der Waals surface area contributed by atoms with Crippen LogP contribution in [0, 0.1) is 13.8 Å². The fourth-order valence-corrected chi connectivity index (χ4v) is 3.06. The molecule has 0 amide bonds. The van der Waals surface area contributed by atoms with Crippen LogP contribution >= 0.6 is 11.3 Å². The van der Waals surface area contributed by atoms with E-state index < -0.39 is 0 Å². The SMILES string of the molecule is COCCNCC(Cc1csc(C)n1)c1cccc(C)c1. The van der Waals surface area contributed by atoms with Gasteiger partial charge in [0.05, 0.1) is 17.3 Å². The second-order valence-electron chi connectivity index (χ2n) is 5.37. The quantitative estimate of drug-likeness (QED) is 0.760. The molecule has 0 aliphatic carbocycles. The summed E-state index contributed by atoms with van der Waals surface area (Å²) in [5.74, 6) is 0.447. The lowest BCUT2D eigenvalue weighted by Crippen LogP contribution is -2.26. The molecule has 0 aliphatic heterocycles. The second kappa shape index (κ2) is 8.27. The molecule has 0 saturated heterocycles. The van der Waals surface area contributed by atoms with Gasteiger partial charge in [-0.3, -0.25) is 0 Å². The first-order valence-corrected chi connectivity index (χ1v) is 8.24. The molecule has 1 N–H and O–H groups in total. The van der Waals surface area contributed by atoms with Crippen molar-refractivity contribution in [1.29, 1.82) is 0 Å². The summed E-state index contributed by atoms with van der Waals surface area (Å²) in [7, 11) is 1.73. The summed E-state index contributed by atoms with van der Waals surface area (Å²) in [6.07, 6.45) is 0.980. The van der Waals surface area contributed by atoms with E-state index in [1.165, 1.54) is 16.8 Å². The lowest BCUT2D eigenvalue weighted by Gasteiger charge is -2.18. The first-order chi connectivity index (χ1) is 10.2. The summed E-state index contributed by atoms with van der Waals surface area (Å²) in [5, 5.41) is 6.80. The average molecular weight is 304 g/mol. The van der Waals surface area contributed by atoms with Crippen LogP contribution in [-0.4, -0.2) is 31.8 Å². The van der Waals surface area contributed by atoms with Crippen molar-refractivity contribution in [2.45, 2.75) is 26.2 Å². The van der Waals surface area contributed by atoms with Crippen LogP contribution in [0.2, 0.25) is 0 Å². The molecule has 0 bridgehead atoms. The van der Waals surface area contributed by atoms with Gasteiger partial charge in [-0.2, -0.15) is 0 Å². The van der Waals surface area contributed by atoms with Crippen molar-refractivity contribution in [2.75, 3.05) is 26.8 Å². The van der Waals surface area contributed by atoms with Gasteiger partial charge in [0.15, 0.2) is 0 Å². The van der Waals surface area contributed by atoms with Gasteiger partial charge in [0.1, 0.15) is 0 Å². The van der Waals surface area contributed by atoms with E-state index in [1.54, 1.807) is 18.4 Å². The van der Waals surface area contributed by atoms with E-state index in [0.29, 0.717) is 5.92 Å². The number of nitrogens with one attached hydrogen (secondary N) is 1. The summed E-state index contributed by atoms with van der Waals surface area (Å²) in [6, 6.07) is 8.78. The van der Waals surface area contributed by atoms with Gasteiger partial charge in [-0.05, 0) is 25.8 Å². The highest BCUT2D eigenvalue weighted by Crippen LogP contribution is 2.22. The summed E-state index contributed by atoms with van der Waals surface area (Å²) >= 11 is 1.73. The number of nitrogens with zero attached hydrogens (tertiary/aromatic N) is 1. The minimum atomic E-state index is 0.447. The van der Waals surface area contributed by atoms with Crippen molar-refractivity contribution < 1.29 is 4.74 Å². The Kier molecular flexibility index (Phi) is 6.36. The molecule has 1 aromatic heterocycles. The van der Waals surface area contributed by atoms with Gasteiger partial charge in [-0.25, -0.2) is 4.98 Å². The molecule has 1 unspecified atom stereocenters. The lowest BCUT2D eigenvalue weighted by atomic mass is 9.93. The first kappa shape index (κ1) is 16.1. The maximum atomic E-state index is 5.10. The topological polar surface area (TPSA) is 34.1 Å². The van der Waals surface area contributed by atoms with Gasteiger partial charge in [0.2, 0.25) is 0 Å². The van der Waals surface area contributed by atoms with Crippen LogP contribution in [0.25, 0.3) is 0 Å². The van der Waals surface area contributed by atoms with E-state index in [4.69, 9.17) is 4.74 Å². The highest BCUT2D eigenvalue weighted by Gasteiger charge is 2.14. The Morgan fingerprint density at radius 1 is 1.33 bits per heavy atom. The molecule has 2 rings (SSSR count). The summed E-state index contributed by atoms with van der Waals surface area (Å²) in [5.41, 5.74) is 3.88. The molecule has 1 atom stereocenters. The zero-order valence-electron chi connectivity index (χ0n) is 13.1. The predicted octanol–water partition coefficient (Wildman–Crippen LogP) is 3.32. The number of methoxy groups -OCH3 is 1. The van der Waals surface area contributed by atoms with Crippen LogP contribution in [0.15, 0.2) is 29.6 Å². The third-order valence-corrected chi connectivity index (χ3v) is 4.33. The van der Waals surface area contributed by atoms with Crippen LogP contribution in [0.1, 0.15) is 27.7 Å². The number of ether oxygens (including phenoxy) is 1. The summed E-state index contributed by atoms with van der Waals surface area (Å²) in [6.45, 7) is 6.78. The number of hydrogen-bond acceptors (Lipinski definition) is 4. The van der Waals surface area contributed by atoms with Crippen molar-refractivity contribution in [2.24, 2.45) is 0 Å². The van der Waals surface area contributed by atoms with Gasteiger partial charge in [0, 0.05) is 31.5 Å². The minimum absolute atomic E-state index is 0.447. The molecule has 2 aromatic rings. The Hall–Kier alpha value is -1.23. The number of thiazole rings is 1. The molecular weight excluding hydrogens is 280 g/mol. The van der Waals surface area contributed by atoms with Crippen LogP contribution in [0.5, 0.6) is 0 Å². The summed E-state index contributed by atoms with van der Waals surface area (Å²) < 4.78 is 5.10. The van der Waals surface area contributed by atoms with E-state index in [-0.39, 0.29) is 0 Å². The second-order valence-corrected chi connectivity index (χ2v) is 6.43. The molecule has 3 nitrogen and oxygen atoms in total. The Bertz CT molecular complexity index is 553. The molecule has 0 spiro atoms.